The highest BCUT2D eigenvalue weighted by Crippen LogP contribution is 2.31. The van der Waals surface area contributed by atoms with Crippen molar-refractivity contribution in [3.63, 3.8) is 0 Å². The quantitative estimate of drug-likeness (QED) is 0.855. The van der Waals surface area contributed by atoms with E-state index in [9.17, 15) is 13.0 Å². The lowest BCUT2D eigenvalue weighted by Gasteiger charge is -2.35. The second-order valence-electron chi connectivity index (χ2n) is 5.95. The molecular formula is C14H19N4O3S-. The number of aromatic nitrogens is 3. The Balaban J connectivity index is 1.70. The molecule has 2 heterocycles. The molecule has 0 bridgehead atoms. The summed E-state index contributed by atoms with van der Waals surface area (Å²) in [7, 11) is -2.12. The zero-order chi connectivity index (χ0) is 15.7. The molecular weight excluding hydrogens is 304 g/mol. The van der Waals surface area contributed by atoms with Crippen molar-refractivity contribution in [1.82, 2.24) is 15.0 Å². The highest BCUT2D eigenvalue weighted by atomic mass is 32.2. The summed E-state index contributed by atoms with van der Waals surface area (Å²) in [5.74, 6) is 0.634. The van der Waals surface area contributed by atoms with Gasteiger partial charge in [0.1, 0.15) is 17.8 Å². The Morgan fingerprint density at radius 2 is 2.05 bits per heavy atom. The van der Waals surface area contributed by atoms with Crippen LogP contribution in [0.25, 0.3) is 11.0 Å². The van der Waals surface area contributed by atoms with Crippen LogP contribution < -0.4 is 4.90 Å². The number of rotatable bonds is 4. The van der Waals surface area contributed by atoms with Gasteiger partial charge >= 0.3 is 0 Å². The molecule has 1 fully saturated rings. The van der Waals surface area contributed by atoms with Crippen molar-refractivity contribution >= 4 is 27.0 Å². The Bertz CT molecular complexity index is 750. The molecule has 22 heavy (non-hydrogen) atoms. The monoisotopic (exact) mass is 323 g/mol. The number of anilines is 1. The third-order valence-corrected chi connectivity index (χ3v) is 5.35. The standard InChI is InChI=1S/C14H20N4O3S/c1-18(14-12-6-7-15-13(12)16-9-17-14)11-4-2-10(3-5-11)8-22(19,20)21/h6-7,9-11H,2-5,8H2,1H3,(H,15,16,17)(H,19,20,21)/p-1. The zero-order valence-corrected chi connectivity index (χ0v) is 13.2. The van der Waals surface area contributed by atoms with E-state index in [1.165, 1.54) is 0 Å². The lowest BCUT2D eigenvalue weighted by Crippen LogP contribution is -2.37. The lowest BCUT2D eigenvalue weighted by atomic mass is 9.86. The first-order valence-corrected chi connectivity index (χ1v) is 8.96. The van der Waals surface area contributed by atoms with Gasteiger partial charge in [-0.15, -0.1) is 0 Å². The third-order valence-electron chi connectivity index (χ3n) is 4.47. The summed E-state index contributed by atoms with van der Waals surface area (Å²) < 4.78 is 32.6. The molecule has 0 unspecified atom stereocenters. The van der Waals surface area contributed by atoms with Gasteiger partial charge in [-0.05, 0) is 37.7 Å². The minimum Gasteiger partial charge on any atom is -0.748 e. The Hall–Kier alpha value is -1.67. The highest BCUT2D eigenvalue weighted by molar-refractivity contribution is 7.85. The number of aromatic amines is 1. The van der Waals surface area contributed by atoms with Gasteiger partial charge in [-0.2, -0.15) is 0 Å². The fraction of sp³-hybridized carbons (Fsp3) is 0.571. The van der Waals surface area contributed by atoms with Crippen LogP contribution in [0.15, 0.2) is 18.6 Å². The first-order valence-electron chi connectivity index (χ1n) is 7.38. The summed E-state index contributed by atoms with van der Waals surface area (Å²) in [5, 5.41) is 0.981. The molecule has 1 N–H and O–H groups in total. The topological polar surface area (TPSA) is 102 Å². The fourth-order valence-electron chi connectivity index (χ4n) is 3.30. The molecule has 7 nitrogen and oxygen atoms in total. The molecule has 2 aromatic rings. The van der Waals surface area contributed by atoms with E-state index in [2.05, 4.69) is 19.9 Å². The van der Waals surface area contributed by atoms with E-state index < -0.39 is 10.1 Å². The molecule has 120 valence electrons. The number of fused-ring (bicyclic) bond motifs is 1. The largest absolute Gasteiger partial charge is 0.748 e. The van der Waals surface area contributed by atoms with Crippen LogP contribution in [-0.2, 0) is 10.1 Å². The molecule has 8 heteroatoms. The van der Waals surface area contributed by atoms with E-state index in [1.807, 2.05) is 19.3 Å². The van der Waals surface area contributed by atoms with E-state index in [-0.39, 0.29) is 11.7 Å². The van der Waals surface area contributed by atoms with Crippen molar-refractivity contribution in [2.45, 2.75) is 31.7 Å². The van der Waals surface area contributed by atoms with E-state index >= 15 is 0 Å². The normalized spacial score (nSPS) is 22.8. The number of hydrogen-bond donors (Lipinski definition) is 1. The van der Waals surface area contributed by atoms with Gasteiger partial charge in [0.05, 0.1) is 15.5 Å². The molecule has 0 aliphatic heterocycles. The Morgan fingerprint density at radius 1 is 1.32 bits per heavy atom. The van der Waals surface area contributed by atoms with Crippen LogP contribution >= 0.6 is 0 Å². The van der Waals surface area contributed by atoms with Gasteiger partial charge in [0, 0.05) is 25.0 Å². The van der Waals surface area contributed by atoms with E-state index in [0.29, 0.717) is 6.04 Å². The van der Waals surface area contributed by atoms with Gasteiger partial charge in [-0.3, -0.25) is 0 Å². The van der Waals surface area contributed by atoms with Crippen molar-refractivity contribution in [1.29, 1.82) is 0 Å². The summed E-state index contributed by atoms with van der Waals surface area (Å²) in [5.41, 5.74) is 0.808. The summed E-state index contributed by atoms with van der Waals surface area (Å²) >= 11 is 0. The smallest absolute Gasteiger partial charge is 0.142 e. The van der Waals surface area contributed by atoms with Crippen LogP contribution in [0.1, 0.15) is 25.7 Å². The molecule has 0 amide bonds. The predicted octanol–water partition coefficient (Wildman–Crippen LogP) is 1.50. The molecule has 0 radical (unpaired) electrons. The number of hydrogen-bond acceptors (Lipinski definition) is 6. The SMILES string of the molecule is CN(c1ncnc2[nH]ccc12)C1CCC(CS(=O)(=O)[O-])CC1. The van der Waals surface area contributed by atoms with Gasteiger partial charge < -0.3 is 14.4 Å². The molecule has 2 aromatic heterocycles. The van der Waals surface area contributed by atoms with Crippen molar-refractivity contribution in [3.8, 4) is 0 Å². The molecule has 0 aromatic carbocycles. The first-order chi connectivity index (χ1) is 10.4. The van der Waals surface area contributed by atoms with Gasteiger partial charge in [0.2, 0.25) is 0 Å². The maximum Gasteiger partial charge on any atom is 0.142 e. The Kier molecular flexibility index (Phi) is 4.05. The van der Waals surface area contributed by atoms with Crippen molar-refractivity contribution in [2.24, 2.45) is 5.92 Å². The minimum atomic E-state index is -4.12. The number of H-pyrrole nitrogens is 1. The van der Waals surface area contributed by atoms with Crippen molar-refractivity contribution in [2.75, 3.05) is 17.7 Å². The Morgan fingerprint density at radius 3 is 2.73 bits per heavy atom. The summed E-state index contributed by atoms with van der Waals surface area (Å²) in [6.45, 7) is 0. The summed E-state index contributed by atoms with van der Waals surface area (Å²) in [4.78, 5) is 13.8. The maximum absolute atomic E-state index is 10.9. The second kappa shape index (κ2) is 5.85. The van der Waals surface area contributed by atoms with E-state index in [0.717, 1.165) is 42.5 Å². The number of nitrogens with zero attached hydrogens (tertiary/aromatic N) is 3. The van der Waals surface area contributed by atoms with Crippen LogP contribution in [0.4, 0.5) is 5.82 Å². The maximum atomic E-state index is 10.9. The summed E-state index contributed by atoms with van der Waals surface area (Å²) in [6.07, 6.45) is 6.64. The molecule has 1 aliphatic carbocycles. The molecule has 1 aliphatic rings. The van der Waals surface area contributed by atoms with Crippen LogP contribution in [0.5, 0.6) is 0 Å². The number of nitrogens with one attached hydrogen (secondary N) is 1. The van der Waals surface area contributed by atoms with Gasteiger partial charge in [0.15, 0.2) is 0 Å². The van der Waals surface area contributed by atoms with Crippen LogP contribution in [0.2, 0.25) is 0 Å². The van der Waals surface area contributed by atoms with Crippen LogP contribution in [0, 0.1) is 5.92 Å². The average molecular weight is 323 g/mol. The third kappa shape index (κ3) is 3.22. The average Bonchev–Trinajstić information content (AvgIpc) is 2.94. The molecule has 0 atom stereocenters. The molecule has 3 rings (SSSR count). The first kappa shape index (κ1) is 15.2. The lowest BCUT2D eigenvalue weighted by molar-refractivity contribution is 0.333. The minimum absolute atomic E-state index is 0.00942. The van der Waals surface area contributed by atoms with E-state index in [4.69, 9.17) is 0 Å². The van der Waals surface area contributed by atoms with Crippen molar-refractivity contribution in [3.05, 3.63) is 18.6 Å². The second-order valence-corrected chi connectivity index (χ2v) is 7.40. The molecule has 0 saturated heterocycles. The van der Waals surface area contributed by atoms with Gasteiger partial charge in [-0.25, -0.2) is 18.4 Å². The van der Waals surface area contributed by atoms with Gasteiger partial charge in [0.25, 0.3) is 0 Å². The predicted molar refractivity (Wildman–Crippen MR) is 82.6 cm³/mol. The molecule has 0 spiro atoms. The van der Waals surface area contributed by atoms with Crippen molar-refractivity contribution < 1.29 is 13.0 Å². The van der Waals surface area contributed by atoms with Gasteiger partial charge in [-0.1, -0.05) is 0 Å². The molecule has 1 saturated carbocycles. The fourth-order valence-corrected chi connectivity index (χ4v) is 4.21. The van der Waals surface area contributed by atoms with Crippen LogP contribution in [-0.4, -0.2) is 46.8 Å². The van der Waals surface area contributed by atoms with E-state index in [1.54, 1.807) is 6.33 Å². The zero-order valence-electron chi connectivity index (χ0n) is 12.4. The Labute approximate surface area is 129 Å². The summed E-state index contributed by atoms with van der Waals surface area (Å²) in [6, 6.07) is 2.26. The highest BCUT2D eigenvalue weighted by Gasteiger charge is 2.26. The van der Waals surface area contributed by atoms with Crippen LogP contribution in [0.3, 0.4) is 0 Å².